The monoisotopic (exact) mass is 329 g/mol. The molecule has 24 heavy (non-hydrogen) atoms. The van der Waals surface area contributed by atoms with Crippen molar-refractivity contribution in [2.24, 2.45) is 5.92 Å². The molecule has 2 saturated carbocycles. The lowest BCUT2D eigenvalue weighted by Gasteiger charge is -2.39. The second-order valence-electron chi connectivity index (χ2n) is 7.60. The van der Waals surface area contributed by atoms with E-state index in [1.54, 1.807) is 6.33 Å². The van der Waals surface area contributed by atoms with E-state index < -0.39 is 0 Å². The molecule has 0 atom stereocenters. The van der Waals surface area contributed by atoms with Crippen LogP contribution in [0.3, 0.4) is 0 Å². The van der Waals surface area contributed by atoms with E-state index in [4.69, 9.17) is 0 Å². The van der Waals surface area contributed by atoms with Crippen LogP contribution < -0.4 is 9.80 Å². The van der Waals surface area contributed by atoms with E-state index >= 15 is 0 Å². The molecule has 3 aliphatic rings. The normalized spacial score (nSPS) is 21.7. The van der Waals surface area contributed by atoms with Gasteiger partial charge in [0.05, 0.1) is 0 Å². The number of anilines is 2. The largest absolute Gasteiger partial charge is 0.363 e. The van der Waals surface area contributed by atoms with Crippen molar-refractivity contribution in [3.05, 3.63) is 12.4 Å². The van der Waals surface area contributed by atoms with Gasteiger partial charge >= 0.3 is 0 Å². The molecule has 2 aliphatic carbocycles. The van der Waals surface area contributed by atoms with E-state index in [0.717, 1.165) is 50.4 Å². The predicted molar refractivity (Wildman–Crippen MR) is 94.2 cm³/mol. The van der Waals surface area contributed by atoms with Crippen molar-refractivity contribution in [1.29, 1.82) is 0 Å². The molecular formula is C18H27N5O. The van der Waals surface area contributed by atoms with Crippen molar-refractivity contribution in [2.75, 3.05) is 37.0 Å². The van der Waals surface area contributed by atoms with Gasteiger partial charge in [-0.15, -0.1) is 0 Å². The maximum Gasteiger partial charge on any atom is 0.225 e. The summed E-state index contributed by atoms with van der Waals surface area (Å²) in [4.78, 5) is 27.8. The zero-order chi connectivity index (χ0) is 16.7. The van der Waals surface area contributed by atoms with Gasteiger partial charge in [-0.3, -0.25) is 4.79 Å². The Bertz CT molecular complexity index is 603. The van der Waals surface area contributed by atoms with Crippen LogP contribution >= 0.6 is 0 Å². The highest BCUT2D eigenvalue weighted by molar-refractivity contribution is 5.81. The van der Waals surface area contributed by atoms with E-state index in [1.165, 1.54) is 12.8 Å². The summed E-state index contributed by atoms with van der Waals surface area (Å²) in [5.41, 5.74) is 0. The summed E-state index contributed by atoms with van der Waals surface area (Å²) in [5.74, 6) is 2.73. The summed E-state index contributed by atoms with van der Waals surface area (Å²) in [6, 6.07) is 3.20. The van der Waals surface area contributed by atoms with Crippen molar-refractivity contribution in [1.82, 2.24) is 14.9 Å². The number of nitrogens with zero attached hydrogens (tertiary/aromatic N) is 5. The van der Waals surface area contributed by atoms with Gasteiger partial charge in [0, 0.05) is 51.3 Å². The second-order valence-corrected chi connectivity index (χ2v) is 7.60. The molecule has 4 rings (SSSR count). The molecule has 0 aromatic carbocycles. The number of hydrogen-bond acceptors (Lipinski definition) is 5. The van der Waals surface area contributed by atoms with Crippen LogP contribution in [0.2, 0.25) is 0 Å². The molecule has 1 amide bonds. The Morgan fingerprint density at radius 1 is 1.00 bits per heavy atom. The highest BCUT2D eigenvalue weighted by Gasteiger charge is 2.39. The van der Waals surface area contributed by atoms with Gasteiger partial charge in [-0.1, -0.05) is 0 Å². The predicted octanol–water partition coefficient (Wildman–Crippen LogP) is 1.91. The van der Waals surface area contributed by atoms with Crippen molar-refractivity contribution >= 4 is 17.5 Å². The first kappa shape index (κ1) is 15.7. The van der Waals surface area contributed by atoms with Crippen molar-refractivity contribution < 1.29 is 4.79 Å². The number of rotatable bonds is 5. The number of piperidine rings is 1. The Morgan fingerprint density at radius 3 is 2.21 bits per heavy atom. The first-order valence-electron chi connectivity index (χ1n) is 9.20. The Morgan fingerprint density at radius 2 is 1.62 bits per heavy atom. The molecule has 0 spiro atoms. The summed E-state index contributed by atoms with van der Waals surface area (Å²) in [6.07, 6.45) is 8.48. The highest BCUT2D eigenvalue weighted by atomic mass is 16.2. The summed E-state index contributed by atoms with van der Waals surface area (Å²) in [5, 5.41) is 0. The highest BCUT2D eigenvalue weighted by Crippen LogP contribution is 2.37. The van der Waals surface area contributed by atoms with E-state index in [-0.39, 0.29) is 0 Å². The number of amides is 1. The van der Waals surface area contributed by atoms with Crippen LogP contribution in [-0.4, -0.2) is 60.0 Å². The summed E-state index contributed by atoms with van der Waals surface area (Å²) >= 11 is 0. The van der Waals surface area contributed by atoms with E-state index in [2.05, 4.69) is 25.8 Å². The summed E-state index contributed by atoms with van der Waals surface area (Å²) < 4.78 is 0. The number of likely N-dealkylation sites (tertiary alicyclic amines) is 1. The fourth-order valence-corrected chi connectivity index (χ4v) is 3.70. The average molecular weight is 329 g/mol. The van der Waals surface area contributed by atoms with Crippen LogP contribution in [0.25, 0.3) is 0 Å². The molecule has 130 valence electrons. The van der Waals surface area contributed by atoms with Gasteiger partial charge in [0.1, 0.15) is 18.0 Å². The third-order valence-corrected chi connectivity index (χ3v) is 5.40. The number of aromatic nitrogens is 2. The van der Waals surface area contributed by atoms with Gasteiger partial charge in [0.2, 0.25) is 5.91 Å². The van der Waals surface area contributed by atoms with Crippen LogP contribution in [0.15, 0.2) is 12.4 Å². The molecule has 0 unspecified atom stereocenters. The van der Waals surface area contributed by atoms with Crippen LogP contribution in [0.5, 0.6) is 0 Å². The summed E-state index contributed by atoms with van der Waals surface area (Å²) in [6.45, 7) is 1.80. The fraction of sp³-hybridized carbons (Fsp3) is 0.722. The van der Waals surface area contributed by atoms with Gasteiger partial charge in [0.25, 0.3) is 0 Å². The van der Waals surface area contributed by atoms with Crippen LogP contribution in [0.1, 0.15) is 38.5 Å². The van der Waals surface area contributed by atoms with Crippen LogP contribution in [0, 0.1) is 5.92 Å². The lowest BCUT2D eigenvalue weighted by atomic mass is 10.0. The van der Waals surface area contributed by atoms with Gasteiger partial charge in [-0.25, -0.2) is 9.97 Å². The first-order chi connectivity index (χ1) is 11.6. The minimum Gasteiger partial charge on any atom is -0.363 e. The second kappa shape index (κ2) is 6.22. The minimum atomic E-state index is 0.339. The molecule has 3 fully saturated rings. The Kier molecular flexibility index (Phi) is 4.06. The third-order valence-electron chi connectivity index (χ3n) is 5.40. The standard InChI is InChI=1S/C18H27N5O/c1-21(2)16-11-17(20-12-19-16)23(14-5-6-14)15-7-9-22(10-8-15)18(24)13-3-4-13/h11-15H,3-10H2,1-2H3. The summed E-state index contributed by atoms with van der Waals surface area (Å²) in [7, 11) is 4.02. The lowest BCUT2D eigenvalue weighted by molar-refractivity contribution is -0.133. The van der Waals surface area contributed by atoms with Gasteiger partial charge in [0.15, 0.2) is 0 Å². The molecule has 0 N–H and O–H groups in total. The zero-order valence-corrected chi connectivity index (χ0v) is 14.7. The Hall–Kier alpha value is -1.85. The van der Waals surface area contributed by atoms with E-state index in [9.17, 15) is 4.79 Å². The van der Waals surface area contributed by atoms with Gasteiger partial charge in [-0.2, -0.15) is 0 Å². The van der Waals surface area contributed by atoms with Crippen LogP contribution in [0.4, 0.5) is 11.6 Å². The Labute approximate surface area is 143 Å². The fourth-order valence-electron chi connectivity index (χ4n) is 3.70. The third kappa shape index (κ3) is 3.19. The molecule has 1 aromatic rings. The van der Waals surface area contributed by atoms with Crippen molar-refractivity contribution in [2.45, 2.75) is 50.6 Å². The average Bonchev–Trinajstić information content (AvgIpc) is 3.48. The molecule has 1 saturated heterocycles. The quantitative estimate of drug-likeness (QED) is 0.826. The van der Waals surface area contributed by atoms with Crippen molar-refractivity contribution in [3.8, 4) is 0 Å². The first-order valence-corrected chi connectivity index (χ1v) is 9.20. The lowest BCUT2D eigenvalue weighted by Crippen LogP contribution is -2.48. The van der Waals surface area contributed by atoms with Gasteiger partial charge < -0.3 is 14.7 Å². The molecule has 0 radical (unpaired) electrons. The molecule has 6 nitrogen and oxygen atoms in total. The zero-order valence-electron chi connectivity index (χ0n) is 14.7. The molecule has 1 aromatic heterocycles. The SMILES string of the molecule is CN(C)c1cc(N(C2CC2)C2CCN(C(=O)C3CC3)CC2)ncn1. The molecule has 6 heteroatoms. The number of carbonyl (C=O) groups excluding carboxylic acids is 1. The molecule has 0 bridgehead atoms. The molecule has 1 aliphatic heterocycles. The van der Waals surface area contributed by atoms with Crippen LogP contribution in [-0.2, 0) is 4.79 Å². The number of hydrogen-bond donors (Lipinski definition) is 0. The number of carbonyl (C=O) groups is 1. The minimum absolute atomic E-state index is 0.339. The molecule has 2 heterocycles. The maximum atomic E-state index is 12.3. The smallest absolute Gasteiger partial charge is 0.225 e. The Balaban J connectivity index is 1.46. The topological polar surface area (TPSA) is 52.6 Å². The maximum absolute atomic E-state index is 12.3. The van der Waals surface area contributed by atoms with Gasteiger partial charge in [-0.05, 0) is 38.5 Å². The van der Waals surface area contributed by atoms with Crippen molar-refractivity contribution in [3.63, 3.8) is 0 Å². The van der Waals surface area contributed by atoms with E-state index in [1.807, 2.05) is 19.0 Å². The van der Waals surface area contributed by atoms with E-state index in [0.29, 0.717) is 23.9 Å². The molecular weight excluding hydrogens is 302 g/mol.